The van der Waals surface area contributed by atoms with E-state index in [9.17, 15) is 9.59 Å². The molecule has 1 aromatic heterocycles. The second-order valence-electron chi connectivity index (χ2n) is 5.11. The van der Waals surface area contributed by atoms with Gasteiger partial charge in [-0.2, -0.15) is 0 Å². The minimum absolute atomic E-state index is 0. The summed E-state index contributed by atoms with van der Waals surface area (Å²) >= 11 is 7.19. The van der Waals surface area contributed by atoms with E-state index < -0.39 is 6.04 Å². The van der Waals surface area contributed by atoms with Crippen LogP contribution in [-0.4, -0.2) is 29.4 Å². The number of halogens is 2. The van der Waals surface area contributed by atoms with Crippen molar-refractivity contribution in [3.8, 4) is 0 Å². The summed E-state index contributed by atoms with van der Waals surface area (Å²) in [7, 11) is 0. The number of benzene rings is 1. The van der Waals surface area contributed by atoms with Crippen molar-refractivity contribution < 1.29 is 9.59 Å². The maximum absolute atomic E-state index is 12.5. The normalized spacial score (nSPS) is 16.8. The van der Waals surface area contributed by atoms with Crippen LogP contribution >= 0.6 is 35.3 Å². The zero-order chi connectivity index (χ0) is 16.4. The van der Waals surface area contributed by atoms with Gasteiger partial charge in [0.25, 0.3) is 5.91 Å². The number of rotatable bonds is 4. The van der Waals surface area contributed by atoms with E-state index in [1.54, 1.807) is 34.5 Å². The van der Waals surface area contributed by atoms with E-state index in [4.69, 9.17) is 17.3 Å². The molecule has 1 aromatic carbocycles. The lowest BCUT2D eigenvalue weighted by atomic mass is 10.2. The van der Waals surface area contributed by atoms with Gasteiger partial charge in [0, 0.05) is 29.2 Å². The highest BCUT2D eigenvalue weighted by atomic mass is 35.5. The zero-order valence-electron chi connectivity index (χ0n) is 12.6. The molecule has 3 rings (SSSR count). The first kappa shape index (κ1) is 18.7. The number of carbonyl (C=O) groups is 2. The number of anilines is 1. The van der Waals surface area contributed by atoms with E-state index >= 15 is 0 Å². The number of hydrogen-bond acceptors (Lipinski definition) is 5. The number of amides is 2. The molecule has 6 nitrogen and oxygen atoms in total. The Hall–Kier alpha value is -1.67. The van der Waals surface area contributed by atoms with Crippen molar-refractivity contribution in [2.75, 3.05) is 11.4 Å². The molecular formula is C15H16Cl2N4O2S. The van der Waals surface area contributed by atoms with E-state index in [0.29, 0.717) is 35.2 Å². The van der Waals surface area contributed by atoms with Gasteiger partial charge in [0.05, 0.1) is 0 Å². The van der Waals surface area contributed by atoms with Crippen LogP contribution in [0.15, 0.2) is 29.6 Å². The smallest absolute Gasteiger partial charge is 0.271 e. The summed E-state index contributed by atoms with van der Waals surface area (Å²) in [6, 6.07) is 6.51. The molecule has 2 aromatic rings. The highest BCUT2D eigenvalue weighted by Crippen LogP contribution is 2.23. The van der Waals surface area contributed by atoms with Crippen LogP contribution in [0.2, 0.25) is 5.02 Å². The number of aromatic nitrogens is 1. The number of nitrogens with one attached hydrogen (secondary N) is 1. The van der Waals surface area contributed by atoms with Gasteiger partial charge >= 0.3 is 0 Å². The Morgan fingerprint density at radius 2 is 2.12 bits per heavy atom. The molecule has 1 aliphatic rings. The fourth-order valence-corrected chi connectivity index (χ4v) is 3.21. The van der Waals surface area contributed by atoms with Crippen molar-refractivity contribution >= 4 is 52.8 Å². The number of thiazole rings is 1. The molecule has 0 radical (unpaired) electrons. The van der Waals surface area contributed by atoms with E-state index in [1.807, 2.05) is 0 Å². The lowest BCUT2D eigenvalue weighted by Gasteiger charge is -2.17. The van der Waals surface area contributed by atoms with E-state index in [2.05, 4.69) is 10.3 Å². The third kappa shape index (κ3) is 3.87. The Morgan fingerprint density at radius 1 is 1.42 bits per heavy atom. The van der Waals surface area contributed by atoms with Crippen LogP contribution in [0.25, 0.3) is 0 Å². The first-order valence-electron chi connectivity index (χ1n) is 7.11. The van der Waals surface area contributed by atoms with Crippen molar-refractivity contribution in [3.05, 3.63) is 45.4 Å². The molecule has 1 aliphatic heterocycles. The first-order valence-corrected chi connectivity index (χ1v) is 8.36. The highest BCUT2D eigenvalue weighted by Gasteiger charge is 2.34. The van der Waals surface area contributed by atoms with Crippen LogP contribution in [0.3, 0.4) is 0 Å². The minimum atomic E-state index is -0.541. The zero-order valence-corrected chi connectivity index (χ0v) is 15.0. The van der Waals surface area contributed by atoms with E-state index in [1.165, 1.54) is 11.3 Å². The molecule has 1 atom stereocenters. The maximum Gasteiger partial charge on any atom is 0.271 e. The molecule has 0 spiro atoms. The van der Waals surface area contributed by atoms with Gasteiger partial charge < -0.3 is 16.0 Å². The second kappa shape index (κ2) is 7.94. The van der Waals surface area contributed by atoms with Gasteiger partial charge in [0.15, 0.2) is 0 Å². The summed E-state index contributed by atoms with van der Waals surface area (Å²) in [6.45, 7) is 0.848. The maximum atomic E-state index is 12.5. The van der Waals surface area contributed by atoms with Crippen molar-refractivity contribution in [2.24, 2.45) is 5.73 Å². The summed E-state index contributed by atoms with van der Waals surface area (Å²) < 4.78 is 0. The molecule has 0 bridgehead atoms. The predicted molar refractivity (Wildman–Crippen MR) is 96.9 cm³/mol. The molecule has 2 heterocycles. The first-order chi connectivity index (χ1) is 11.1. The molecule has 0 aliphatic carbocycles. The van der Waals surface area contributed by atoms with E-state index in [0.717, 1.165) is 5.69 Å². The molecule has 24 heavy (non-hydrogen) atoms. The number of nitrogens with zero attached hydrogens (tertiary/aromatic N) is 2. The Bertz CT molecular complexity index is 735. The number of carbonyl (C=O) groups excluding carboxylic acids is 2. The molecule has 1 unspecified atom stereocenters. The lowest BCUT2D eigenvalue weighted by molar-refractivity contribution is -0.118. The summed E-state index contributed by atoms with van der Waals surface area (Å²) in [6.07, 6.45) is 0.557. The van der Waals surface area contributed by atoms with Gasteiger partial charge in [-0.3, -0.25) is 9.59 Å². The van der Waals surface area contributed by atoms with Crippen molar-refractivity contribution in [1.29, 1.82) is 0 Å². The Kier molecular flexibility index (Phi) is 6.17. The van der Waals surface area contributed by atoms with Gasteiger partial charge in [-0.25, -0.2) is 4.98 Å². The van der Waals surface area contributed by atoms with Gasteiger partial charge in [-0.15, -0.1) is 23.7 Å². The summed E-state index contributed by atoms with van der Waals surface area (Å²) in [4.78, 5) is 30.4. The third-order valence-electron chi connectivity index (χ3n) is 3.61. The van der Waals surface area contributed by atoms with Gasteiger partial charge in [-0.1, -0.05) is 11.6 Å². The second-order valence-corrected chi connectivity index (χ2v) is 6.49. The van der Waals surface area contributed by atoms with Gasteiger partial charge in [0.1, 0.15) is 16.7 Å². The molecule has 1 saturated heterocycles. The molecule has 3 N–H and O–H groups in total. The summed E-state index contributed by atoms with van der Waals surface area (Å²) in [5.41, 5.74) is 6.56. The van der Waals surface area contributed by atoms with Gasteiger partial charge in [-0.05, 0) is 30.7 Å². The Morgan fingerprint density at radius 3 is 2.75 bits per heavy atom. The van der Waals surface area contributed by atoms with Crippen molar-refractivity contribution in [3.63, 3.8) is 0 Å². The molecule has 9 heteroatoms. The average molecular weight is 387 g/mol. The third-order valence-corrected chi connectivity index (χ3v) is 4.73. The van der Waals surface area contributed by atoms with E-state index in [-0.39, 0.29) is 24.2 Å². The highest BCUT2D eigenvalue weighted by molar-refractivity contribution is 7.09. The average Bonchev–Trinajstić information content (AvgIpc) is 3.16. The van der Waals surface area contributed by atoms with Crippen LogP contribution in [0, 0.1) is 0 Å². The summed E-state index contributed by atoms with van der Waals surface area (Å²) in [5.74, 6) is -0.479. The lowest BCUT2D eigenvalue weighted by Crippen LogP contribution is -2.41. The molecule has 2 amide bonds. The Balaban J connectivity index is 0.00000208. The van der Waals surface area contributed by atoms with Crippen LogP contribution < -0.4 is 16.0 Å². The molecular weight excluding hydrogens is 371 g/mol. The van der Waals surface area contributed by atoms with Crippen LogP contribution in [0.1, 0.15) is 21.9 Å². The minimum Gasteiger partial charge on any atom is -0.339 e. The fourth-order valence-electron chi connectivity index (χ4n) is 2.43. The van der Waals surface area contributed by atoms with Crippen LogP contribution in [0.4, 0.5) is 5.69 Å². The monoisotopic (exact) mass is 386 g/mol. The van der Waals surface area contributed by atoms with Gasteiger partial charge in [0.2, 0.25) is 5.91 Å². The van der Waals surface area contributed by atoms with Crippen molar-refractivity contribution in [1.82, 2.24) is 10.3 Å². The SMILES string of the molecule is Cl.NCc1nc(C(=O)NC2CCN(c3ccc(Cl)cc3)C2=O)cs1. The molecule has 128 valence electrons. The predicted octanol–water partition coefficient (Wildman–Crippen LogP) is 2.21. The Labute approximate surface area is 154 Å². The van der Waals surface area contributed by atoms with Crippen molar-refractivity contribution in [2.45, 2.75) is 19.0 Å². The number of hydrogen-bond donors (Lipinski definition) is 2. The standard InChI is InChI=1S/C15H15ClN4O2S.ClH/c16-9-1-3-10(4-2-9)20-6-5-11(15(20)22)19-14(21)12-8-23-13(7-17)18-12;/h1-4,8,11H,5-7,17H2,(H,19,21);1H. The fraction of sp³-hybridized carbons (Fsp3) is 0.267. The molecule has 1 fully saturated rings. The summed E-state index contributed by atoms with van der Waals surface area (Å²) in [5, 5.41) is 5.69. The van der Waals surface area contributed by atoms with Crippen LogP contribution in [-0.2, 0) is 11.3 Å². The molecule has 0 saturated carbocycles. The van der Waals surface area contributed by atoms with Crippen LogP contribution in [0.5, 0.6) is 0 Å². The number of nitrogens with two attached hydrogens (primary N) is 1. The quantitative estimate of drug-likeness (QED) is 0.842. The largest absolute Gasteiger partial charge is 0.339 e. The topological polar surface area (TPSA) is 88.3 Å².